The van der Waals surface area contributed by atoms with E-state index in [9.17, 15) is 15.0 Å². The van der Waals surface area contributed by atoms with E-state index in [0.29, 0.717) is 5.56 Å². The fourth-order valence-corrected chi connectivity index (χ4v) is 1.66. The van der Waals surface area contributed by atoms with Crippen molar-refractivity contribution in [2.75, 3.05) is 0 Å². The Bertz CT molecular complexity index is 584. The number of ether oxygens (including phenoxy) is 1. The average Bonchev–Trinajstić information content (AvgIpc) is 2.48. The fourth-order valence-electron chi connectivity index (χ4n) is 1.66. The summed E-state index contributed by atoms with van der Waals surface area (Å²) in [6.45, 7) is 0.256. The van der Waals surface area contributed by atoms with Crippen molar-refractivity contribution in [1.29, 1.82) is 0 Å². The topological polar surface area (TPSA) is 78.8 Å². The molecule has 0 aliphatic heterocycles. The minimum atomic E-state index is -0.586. The van der Waals surface area contributed by atoms with Crippen LogP contribution in [0.2, 0.25) is 0 Å². The fraction of sp³-hybridized carbons (Fsp3) is 0.133. The SMILES string of the molecule is O=C(NCc1cccc(O)c1O)OCc1ccccc1. The van der Waals surface area contributed by atoms with Crippen LogP contribution in [-0.4, -0.2) is 16.3 Å². The van der Waals surface area contributed by atoms with Crippen LogP contribution in [-0.2, 0) is 17.9 Å². The Morgan fingerprint density at radius 1 is 1.05 bits per heavy atom. The second-order valence-electron chi connectivity index (χ2n) is 4.20. The molecule has 3 N–H and O–H groups in total. The predicted molar refractivity (Wildman–Crippen MR) is 73.2 cm³/mol. The Kier molecular flexibility index (Phi) is 4.44. The van der Waals surface area contributed by atoms with Gasteiger partial charge in [0.2, 0.25) is 0 Å². The molecule has 0 fully saturated rings. The number of carbonyl (C=O) groups is 1. The summed E-state index contributed by atoms with van der Waals surface area (Å²) in [7, 11) is 0. The zero-order valence-corrected chi connectivity index (χ0v) is 10.7. The van der Waals surface area contributed by atoms with Gasteiger partial charge in [0.25, 0.3) is 0 Å². The Hall–Kier alpha value is -2.69. The molecule has 0 saturated carbocycles. The molecule has 2 aromatic rings. The van der Waals surface area contributed by atoms with Gasteiger partial charge in [-0.05, 0) is 11.6 Å². The smallest absolute Gasteiger partial charge is 0.407 e. The van der Waals surface area contributed by atoms with Crippen molar-refractivity contribution < 1.29 is 19.7 Å². The molecule has 0 heterocycles. The molecular formula is C15H15NO4. The number of rotatable bonds is 4. The van der Waals surface area contributed by atoms with Crippen molar-refractivity contribution in [2.45, 2.75) is 13.2 Å². The molecule has 104 valence electrons. The van der Waals surface area contributed by atoms with Crippen molar-refractivity contribution in [3.8, 4) is 11.5 Å². The molecule has 0 unspecified atom stereocenters. The number of aromatic hydroxyl groups is 2. The van der Waals surface area contributed by atoms with Crippen LogP contribution < -0.4 is 5.32 Å². The number of amides is 1. The molecule has 5 heteroatoms. The summed E-state index contributed by atoms with van der Waals surface area (Å²) in [5.74, 6) is -0.460. The number of alkyl carbamates (subject to hydrolysis) is 1. The summed E-state index contributed by atoms with van der Waals surface area (Å²) in [5.41, 5.74) is 1.31. The second kappa shape index (κ2) is 6.47. The van der Waals surface area contributed by atoms with Gasteiger partial charge in [0.05, 0.1) is 0 Å². The van der Waals surface area contributed by atoms with Gasteiger partial charge in [0.15, 0.2) is 11.5 Å². The van der Waals surface area contributed by atoms with Crippen LogP contribution in [0.5, 0.6) is 11.5 Å². The standard InChI is InChI=1S/C15H15NO4/c17-13-8-4-7-12(14(13)18)9-16-15(19)20-10-11-5-2-1-3-6-11/h1-8,17-18H,9-10H2,(H,16,19). The Morgan fingerprint density at radius 3 is 2.55 bits per heavy atom. The monoisotopic (exact) mass is 273 g/mol. The molecule has 0 atom stereocenters. The van der Waals surface area contributed by atoms with Gasteiger partial charge >= 0.3 is 6.09 Å². The van der Waals surface area contributed by atoms with Crippen molar-refractivity contribution in [2.24, 2.45) is 0 Å². The van der Waals surface area contributed by atoms with Crippen molar-refractivity contribution in [3.63, 3.8) is 0 Å². The number of phenolic OH excluding ortho intramolecular Hbond substituents is 2. The van der Waals surface area contributed by atoms with Crippen molar-refractivity contribution in [3.05, 3.63) is 59.7 Å². The van der Waals surface area contributed by atoms with Crippen LogP contribution in [0.1, 0.15) is 11.1 Å². The summed E-state index contributed by atoms with van der Waals surface area (Å²) in [4.78, 5) is 11.5. The molecule has 0 saturated heterocycles. The molecule has 0 aliphatic carbocycles. The van der Waals surface area contributed by atoms with Crippen LogP contribution in [0.3, 0.4) is 0 Å². The van der Waals surface area contributed by atoms with Crippen LogP contribution in [0, 0.1) is 0 Å². The Labute approximate surface area is 116 Å². The highest BCUT2D eigenvalue weighted by molar-refractivity contribution is 5.67. The summed E-state index contributed by atoms with van der Waals surface area (Å²) in [5, 5.41) is 21.4. The number of para-hydroxylation sites is 1. The molecule has 5 nitrogen and oxygen atoms in total. The number of benzene rings is 2. The molecule has 0 aliphatic rings. The van der Waals surface area contributed by atoms with E-state index in [0.717, 1.165) is 5.56 Å². The lowest BCUT2D eigenvalue weighted by atomic mass is 10.2. The summed E-state index contributed by atoms with van der Waals surface area (Å²) in [6, 6.07) is 13.9. The number of hydrogen-bond donors (Lipinski definition) is 3. The molecule has 2 rings (SSSR count). The molecular weight excluding hydrogens is 258 g/mol. The van der Waals surface area contributed by atoms with Crippen LogP contribution >= 0.6 is 0 Å². The molecule has 0 spiro atoms. The first-order valence-corrected chi connectivity index (χ1v) is 6.11. The Balaban J connectivity index is 1.82. The highest BCUT2D eigenvalue weighted by atomic mass is 16.5. The molecule has 20 heavy (non-hydrogen) atoms. The van der Waals surface area contributed by atoms with Gasteiger partial charge in [0, 0.05) is 12.1 Å². The van der Waals surface area contributed by atoms with Gasteiger partial charge in [-0.25, -0.2) is 4.79 Å². The molecule has 0 radical (unpaired) electrons. The zero-order chi connectivity index (χ0) is 14.4. The van der Waals surface area contributed by atoms with E-state index >= 15 is 0 Å². The number of hydrogen-bond acceptors (Lipinski definition) is 4. The average molecular weight is 273 g/mol. The maximum atomic E-state index is 11.5. The molecule has 0 aromatic heterocycles. The van der Waals surface area contributed by atoms with E-state index in [2.05, 4.69) is 5.32 Å². The van der Waals surface area contributed by atoms with Crippen LogP contribution in [0.25, 0.3) is 0 Å². The van der Waals surface area contributed by atoms with E-state index in [1.807, 2.05) is 30.3 Å². The quantitative estimate of drug-likeness (QED) is 0.748. The summed E-state index contributed by atoms with van der Waals surface area (Å²) in [6.07, 6.45) is -0.586. The van der Waals surface area contributed by atoms with Crippen LogP contribution in [0.15, 0.2) is 48.5 Å². The van der Waals surface area contributed by atoms with Gasteiger partial charge in [-0.15, -0.1) is 0 Å². The third-order valence-corrected chi connectivity index (χ3v) is 2.73. The van der Waals surface area contributed by atoms with Crippen LogP contribution in [0.4, 0.5) is 4.79 Å². The van der Waals surface area contributed by atoms with Gasteiger partial charge < -0.3 is 20.3 Å². The van der Waals surface area contributed by atoms with Crippen molar-refractivity contribution in [1.82, 2.24) is 5.32 Å². The molecule has 1 amide bonds. The largest absolute Gasteiger partial charge is 0.504 e. The van der Waals surface area contributed by atoms with E-state index in [4.69, 9.17) is 4.74 Å². The van der Waals surface area contributed by atoms with Gasteiger partial charge in [-0.1, -0.05) is 42.5 Å². The first kappa shape index (κ1) is 13.7. The minimum Gasteiger partial charge on any atom is -0.504 e. The third kappa shape index (κ3) is 3.65. The maximum Gasteiger partial charge on any atom is 0.407 e. The lowest BCUT2D eigenvalue weighted by Crippen LogP contribution is -2.23. The zero-order valence-electron chi connectivity index (χ0n) is 10.7. The van der Waals surface area contributed by atoms with E-state index in [1.54, 1.807) is 12.1 Å². The number of nitrogens with one attached hydrogen (secondary N) is 1. The number of carbonyl (C=O) groups excluding carboxylic acids is 1. The summed E-state index contributed by atoms with van der Waals surface area (Å²) < 4.78 is 5.03. The van der Waals surface area contributed by atoms with E-state index < -0.39 is 6.09 Å². The predicted octanol–water partition coefficient (Wildman–Crippen LogP) is 2.52. The first-order valence-electron chi connectivity index (χ1n) is 6.11. The molecule has 0 bridgehead atoms. The minimum absolute atomic E-state index is 0.0772. The highest BCUT2D eigenvalue weighted by Crippen LogP contribution is 2.27. The maximum absolute atomic E-state index is 11.5. The lowest BCUT2D eigenvalue weighted by Gasteiger charge is -2.09. The summed E-state index contributed by atoms with van der Waals surface area (Å²) >= 11 is 0. The first-order chi connectivity index (χ1) is 9.66. The number of phenols is 2. The second-order valence-corrected chi connectivity index (χ2v) is 4.20. The molecule has 2 aromatic carbocycles. The normalized spacial score (nSPS) is 10.0. The van der Waals surface area contributed by atoms with E-state index in [-0.39, 0.29) is 24.7 Å². The lowest BCUT2D eigenvalue weighted by molar-refractivity contribution is 0.139. The van der Waals surface area contributed by atoms with Gasteiger partial charge in [-0.3, -0.25) is 0 Å². The Morgan fingerprint density at radius 2 is 1.80 bits per heavy atom. The van der Waals surface area contributed by atoms with E-state index in [1.165, 1.54) is 6.07 Å². The van der Waals surface area contributed by atoms with Crippen molar-refractivity contribution >= 4 is 6.09 Å². The van der Waals surface area contributed by atoms with Gasteiger partial charge in [0.1, 0.15) is 6.61 Å². The highest BCUT2D eigenvalue weighted by Gasteiger charge is 2.08. The third-order valence-electron chi connectivity index (χ3n) is 2.73. The van der Waals surface area contributed by atoms with Gasteiger partial charge in [-0.2, -0.15) is 0 Å².